The molecular formula is C21H27ClFN3O+2. The maximum Gasteiger partial charge on any atom is 0.256 e. The number of likely N-dealkylation sites (N-methyl/N-ethyl adjacent to an activating group) is 1. The van der Waals surface area contributed by atoms with E-state index in [0.29, 0.717) is 6.54 Å². The number of carbonyl (C=O) groups is 1. The van der Waals surface area contributed by atoms with Crippen LogP contribution in [-0.4, -0.2) is 45.7 Å². The molecule has 0 spiro atoms. The average molecular weight is 392 g/mol. The van der Waals surface area contributed by atoms with Gasteiger partial charge in [0, 0.05) is 5.56 Å². The Kier molecular flexibility index (Phi) is 6.47. The summed E-state index contributed by atoms with van der Waals surface area (Å²) < 4.78 is 14.0. The molecule has 3 N–H and O–H groups in total. The second kappa shape index (κ2) is 8.83. The fraction of sp³-hybridized carbons (Fsp3) is 0.381. The minimum absolute atomic E-state index is 0.0837. The lowest BCUT2D eigenvalue weighted by Crippen LogP contribution is -3.27. The number of hydrogen-bond donors (Lipinski definition) is 3. The molecule has 1 amide bonds. The van der Waals surface area contributed by atoms with Crippen LogP contribution in [-0.2, 0) is 0 Å². The van der Waals surface area contributed by atoms with Crippen LogP contribution in [0, 0.1) is 12.7 Å². The van der Waals surface area contributed by atoms with Gasteiger partial charge in [-0.2, -0.15) is 0 Å². The van der Waals surface area contributed by atoms with Crippen molar-refractivity contribution in [2.75, 3.05) is 39.8 Å². The van der Waals surface area contributed by atoms with Crippen LogP contribution in [0.15, 0.2) is 42.5 Å². The van der Waals surface area contributed by atoms with Crippen LogP contribution in [0.4, 0.5) is 4.39 Å². The molecule has 1 saturated heterocycles. The molecule has 0 saturated carbocycles. The SMILES string of the molecule is Cc1ccc([C@H](CNC(=O)c2c(F)cccc2Cl)[NH+]2CC[NH+](C)CC2)cc1. The van der Waals surface area contributed by atoms with Crippen molar-refractivity contribution in [2.24, 2.45) is 0 Å². The summed E-state index contributed by atoms with van der Waals surface area (Å²) in [7, 11) is 2.21. The Balaban J connectivity index is 1.77. The highest BCUT2D eigenvalue weighted by atomic mass is 35.5. The molecule has 0 aliphatic carbocycles. The van der Waals surface area contributed by atoms with Crippen LogP contribution in [0.1, 0.15) is 27.5 Å². The largest absolute Gasteiger partial charge is 0.346 e. The van der Waals surface area contributed by atoms with Crippen molar-refractivity contribution in [1.29, 1.82) is 0 Å². The van der Waals surface area contributed by atoms with Crippen LogP contribution < -0.4 is 15.1 Å². The van der Waals surface area contributed by atoms with E-state index in [1.807, 2.05) is 0 Å². The molecule has 1 aliphatic heterocycles. The Morgan fingerprint density at radius 3 is 2.44 bits per heavy atom. The average Bonchev–Trinajstić information content (AvgIpc) is 2.64. The normalized spacial score (nSPS) is 20.9. The molecule has 1 fully saturated rings. The van der Waals surface area contributed by atoms with Gasteiger partial charge in [0.1, 0.15) is 38.0 Å². The monoisotopic (exact) mass is 391 g/mol. The maximum absolute atomic E-state index is 14.0. The Labute approximate surface area is 164 Å². The van der Waals surface area contributed by atoms with Crippen molar-refractivity contribution < 1.29 is 19.0 Å². The molecule has 27 heavy (non-hydrogen) atoms. The zero-order chi connectivity index (χ0) is 19.4. The Hall–Kier alpha value is -1.95. The predicted molar refractivity (Wildman–Crippen MR) is 105 cm³/mol. The second-order valence-corrected chi connectivity index (χ2v) is 7.79. The highest BCUT2D eigenvalue weighted by Crippen LogP contribution is 2.19. The number of nitrogens with one attached hydrogen (secondary N) is 3. The van der Waals surface area contributed by atoms with Gasteiger partial charge in [0.2, 0.25) is 0 Å². The molecule has 1 aliphatic rings. The predicted octanol–water partition coefficient (Wildman–Crippen LogP) is 0.672. The summed E-state index contributed by atoms with van der Waals surface area (Å²) in [5.41, 5.74) is 2.31. The number of aryl methyl sites for hydroxylation is 1. The number of quaternary nitrogens is 2. The van der Waals surface area contributed by atoms with Crippen molar-refractivity contribution in [2.45, 2.75) is 13.0 Å². The van der Waals surface area contributed by atoms with Gasteiger partial charge in [-0.15, -0.1) is 0 Å². The molecule has 0 bridgehead atoms. The van der Waals surface area contributed by atoms with Gasteiger partial charge >= 0.3 is 0 Å². The summed E-state index contributed by atoms with van der Waals surface area (Å²) in [6, 6.07) is 12.9. The molecule has 144 valence electrons. The first-order chi connectivity index (χ1) is 13.0. The lowest BCUT2D eigenvalue weighted by Gasteiger charge is -2.33. The van der Waals surface area contributed by atoms with Crippen LogP contribution >= 0.6 is 11.6 Å². The van der Waals surface area contributed by atoms with Crippen molar-refractivity contribution in [3.8, 4) is 0 Å². The van der Waals surface area contributed by atoms with Gasteiger partial charge in [-0.25, -0.2) is 4.39 Å². The van der Waals surface area contributed by atoms with Crippen molar-refractivity contribution in [1.82, 2.24) is 5.32 Å². The minimum Gasteiger partial charge on any atom is -0.346 e. The number of carbonyl (C=O) groups excluding carboxylic acids is 1. The first-order valence-corrected chi connectivity index (χ1v) is 9.78. The lowest BCUT2D eigenvalue weighted by atomic mass is 10.0. The highest BCUT2D eigenvalue weighted by molar-refractivity contribution is 6.33. The summed E-state index contributed by atoms with van der Waals surface area (Å²) in [6.07, 6.45) is 0. The zero-order valence-corrected chi connectivity index (χ0v) is 16.6. The fourth-order valence-electron chi connectivity index (χ4n) is 3.64. The van der Waals surface area contributed by atoms with Gasteiger partial charge in [-0.1, -0.05) is 47.5 Å². The molecule has 2 aromatic carbocycles. The summed E-state index contributed by atoms with van der Waals surface area (Å²) in [5.74, 6) is -1.06. The van der Waals surface area contributed by atoms with Crippen LogP contribution in [0.5, 0.6) is 0 Å². The van der Waals surface area contributed by atoms with Gasteiger partial charge < -0.3 is 15.1 Å². The smallest absolute Gasteiger partial charge is 0.256 e. The second-order valence-electron chi connectivity index (χ2n) is 7.39. The Bertz CT molecular complexity index is 768. The molecule has 1 atom stereocenters. The van der Waals surface area contributed by atoms with Crippen molar-refractivity contribution in [3.05, 3.63) is 70.0 Å². The number of hydrogen-bond acceptors (Lipinski definition) is 1. The van der Waals surface area contributed by atoms with E-state index in [-0.39, 0.29) is 16.6 Å². The summed E-state index contributed by atoms with van der Waals surface area (Å²) >= 11 is 6.03. The van der Waals surface area contributed by atoms with Gasteiger partial charge in [0.05, 0.1) is 24.2 Å². The van der Waals surface area contributed by atoms with E-state index in [1.54, 1.807) is 0 Å². The van der Waals surface area contributed by atoms with E-state index < -0.39 is 11.7 Å². The molecule has 1 heterocycles. The molecule has 4 nitrogen and oxygen atoms in total. The van der Waals surface area contributed by atoms with E-state index in [9.17, 15) is 9.18 Å². The Morgan fingerprint density at radius 2 is 1.81 bits per heavy atom. The third-order valence-electron chi connectivity index (χ3n) is 5.37. The summed E-state index contributed by atoms with van der Waals surface area (Å²) in [5, 5.41) is 3.05. The number of amides is 1. The van der Waals surface area contributed by atoms with Gasteiger partial charge in [-0.05, 0) is 19.1 Å². The number of rotatable bonds is 5. The number of halogens is 2. The number of piperazine rings is 1. The van der Waals surface area contributed by atoms with Crippen LogP contribution in [0.3, 0.4) is 0 Å². The zero-order valence-electron chi connectivity index (χ0n) is 15.8. The van der Waals surface area contributed by atoms with Gasteiger partial charge in [-0.3, -0.25) is 4.79 Å². The molecule has 3 rings (SSSR count). The van der Waals surface area contributed by atoms with E-state index in [0.717, 1.165) is 26.2 Å². The van der Waals surface area contributed by atoms with E-state index in [2.05, 4.69) is 43.6 Å². The van der Waals surface area contributed by atoms with Crippen molar-refractivity contribution >= 4 is 17.5 Å². The highest BCUT2D eigenvalue weighted by Gasteiger charge is 2.30. The lowest BCUT2D eigenvalue weighted by molar-refractivity contribution is -1.02. The molecule has 0 unspecified atom stereocenters. The first kappa shape index (κ1) is 19.8. The number of benzene rings is 2. The van der Waals surface area contributed by atoms with Gasteiger partial charge in [0.15, 0.2) is 0 Å². The molecule has 2 aromatic rings. The quantitative estimate of drug-likeness (QED) is 0.688. The fourth-order valence-corrected chi connectivity index (χ4v) is 3.89. The first-order valence-electron chi connectivity index (χ1n) is 9.40. The Morgan fingerprint density at radius 1 is 1.15 bits per heavy atom. The third kappa shape index (κ3) is 4.86. The summed E-state index contributed by atoms with van der Waals surface area (Å²) in [4.78, 5) is 15.5. The van der Waals surface area contributed by atoms with E-state index in [4.69, 9.17) is 11.6 Å². The van der Waals surface area contributed by atoms with E-state index >= 15 is 0 Å². The topological polar surface area (TPSA) is 38.0 Å². The van der Waals surface area contributed by atoms with Gasteiger partial charge in [0.25, 0.3) is 5.91 Å². The summed E-state index contributed by atoms with van der Waals surface area (Å²) in [6.45, 7) is 6.80. The third-order valence-corrected chi connectivity index (χ3v) is 5.69. The van der Waals surface area contributed by atoms with Crippen LogP contribution in [0.25, 0.3) is 0 Å². The molecule has 0 radical (unpaired) electrons. The van der Waals surface area contributed by atoms with Crippen LogP contribution in [0.2, 0.25) is 5.02 Å². The molecule has 0 aromatic heterocycles. The van der Waals surface area contributed by atoms with E-state index in [1.165, 1.54) is 39.1 Å². The molecular weight excluding hydrogens is 365 g/mol. The molecule has 6 heteroatoms. The standard InChI is InChI=1S/C21H25ClFN3O/c1-15-6-8-16(9-7-15)19(26-12-10-25(2)11-13-26)14-24-21(27)20-17(22)4-3-5-18(20)23/h3-9,19H,10-14H2,1-2H3,(H,24,27)/p+2/t19-/m0/s1. The maximum atomic E-state index is 14.0. The minimum atomic E-state index is -0.595. The van der Waals surface area contributed by atoms with Crippen molar-refractivity contribution in [3.63, 3.8) is 0 Å².